The zero-order chi connectivity index (χ0) is 22.4. The number of nitrogens with one attached hydrogen (secondary N) is 2. The van der Waals surface area contributed by atoms with E-state index in [-0.39, 0.29) is 17.6 Å². The van der Waals surface area contributed by atoms with Crippen molar-refractivity contribution in [1.82, 2.24) is 14.8 Å². The molecule has 0 saturated carbocycles. The Morgan fingerprint density at radius 3 is 2.19 bits per heavy atom. The zero-order valence-electron chi connectivity index (χ0n) is 18.2. The molecule has 0 aliphatic heterocycles. The predicted molar refractivity (Wildman–Crippen MR) is 124 cm³/mol. The number of nitrogens with zero attached hydrogens (tertiary/aromatic N) is 3. The highest BCUT2D eigenvalue weighted by Gasteiger charge is 2.13. The molecule has 0 aliphatic carbocycles. The van der Waals surface area contributed by atoms with Gasteiger partial charge in [0.2, 0.25) is 11.8 Å². The number of aromatic nitrogens is 3. The molecule has 0 unspecified atom stereocenters. The number of benzene rings is 2. The third kappa shape index (κ3) is 6.68. The van der Waals surface area contributed by atoms with Gasteiger partial charge in [-0.25, -0.2) is 0 Å². The van der Waals surface area contributed by atoms with Crippen LogP contribution in [0, 0.1) is 20.8 Å². The van der Waals surface area contributed by atoms with Gasteiger partial charge in [0.05, 0.1) is 5.75 Å². The maximum Gasteiger partial charge on any atom is 0.234 e. The van der Waals surface area contributed by atoms with Crippen molar-refractivity contribution in [1.29, 1.82) is 0 Å². The number of hydrogen-bond donors (Lipinski definition) is 2. The van der Waals surface area contributed by atoms with E-state index >= 15 is 0 Å². The summed E-state index contributed by atoms with van der Waals surface area (Å²) < 4.78 is 1.83. The highest BCUT2D eigenvalue weighted by Crippen LogP contribution is 2.18. The third-order valence-electron chi connectivity index (χ3n) is 4.67. The fraction of sp³-hybridized carbons (Fsp3) is 0.304. The highest BCUT2D eigenvalue weighted by molar-refractivity contribution is 7.99. The van der Waals surface area contributed by atoms with Gasteiger partial charge in [0.25, 0.3) is 0 Å². The average molecular weight is 438 g/mol. The first kappa shape index (κ1) is 22.6. The van der Waals surface area contributed by atoms with Crippen LogP contribution in [0.3, 0.4) is 0 Å². The molecule has 0 aliphatic rings. The summed E-state index contributed by atoms with van der Waals surface area (Å²) in [7, 11) is 1.84. The standard InChI is InChI=1S/C23H27N5O2S/c1-15-5-7-18(8-6-15)24-21(29)10-9-20-26-27-23(28(20)4)31-14-22(30)25-19-12-16(2)11-17(3)13-19/h5-8,11-13H,9-10,14H2,1-4H3,(H,24,29)(H,25,30). The van der Waals surface area contributed by atoms with E-state index in [1.54, 1.807) is 0 Å². The van der Waals surface area contributed by atoms with Gasteiger partial charge in [-0.3, -0.25) is 9.59 Å². The maximum atomic E-state index is 12.3. The molecule has 0 radical (unpaired) electrons. The van der Waals surface area contributed by atoms with Gasteiger partial charge in [-0.15, -0.1) is 10.2 Å². The van der Waals surface area contributed by atoms with E-state index in [2.05, 4.69) is 26.9 Å². The lowest BCUT2D eigenvalue weighted by Gasteiger charge is -2.08. The van der Waals surface area contributed by atoms with E-state index in [1.807, 2.05) is 68.8 Å². The highest BCUT2D eigenvalue weighted by atomic mass is 32.2. The topological polar surface area (TPSA) is 88.9 Å². The molecule has 1 heterocycles. The van der Waals surface area contributed by atoms with Crippen molar-refractivity contribution in [3.8, 4) is 0 Å². The van der Waals surface area contributed by atoms with Gasteiger partial charge in [-0.05, 0) is 56.2 Å². The van der Waals surface area contributed by atoms with Crippen LogP contribution in [0.25, 0.3) is 0 Å². The Morgan fingerprint density at radius 1 is 0.871 bits per heavy atom. The third-order valence-corrected chi connectivity index (χ3v) is 5.69. The first-order chi connectivity index (χ1) is 14.8. The lowest BCUT2D eigenvalue weighted by molar-refractivity contribution is -0.116. The van der Waals surface area contributed by atoms with Crippen LogP contribution >= 0.6 is 11.8 Å². The molecule has 2 N–H and O–H groups in total. The quantitative estimate of drug-likeness (QED) is 0.519. The number of carbonyl (C=O) groups is 2. The molecule has 0 saturated heterocycles. The Bertz CT molecular complexity index is 1060. The van der Waals surface area contributed by atoms with Crippen LogP contribution in [0.1, 0.15) is 28.9 Å². The minimum atomic E-state index is -0.1000. The largest absolute Gasteiger partial charge is 0.326 e. The lowest BCUT2D eigenvalue weighted by Crippen LogP contribution is -2.15. The Balaban J connectivity index is 1.48. The van der Waals surface area contributed by atoms with E-state index < -0.39 is 0 Å². The molecule has 3 aromatic rings. The number of hydrogen-bond acceptors (Lipinski definition) is 5. The summed E-state index contributed by atoms with van der Waals surface area (Å²) in [4.78, 5) is 24.5. The Hall–Kier alpha value is -3.13. The summed E-state index contributed by atoms with van der Waals surface area (Å²) >= 11 is 1.32. The second kappa shape index (κ2) is 10.3. The van der Waals surface area contributed by atoms with Gasteiger partial charge in [-0.2, -0.15) is 0 Å². The van der Waals surface area contributed by atoms with Crippen LogP contribution in [0.15, 0.2) is 47.6 Å². The summed E-state index contributed by atoms with van der Waals surface area (Å²) in [6.45, 7) is 6.00. The fourth-order valence-electron chi connectivity index (χ4n) is 3.15. The predicted octanol–water partition coefficient (Wildman–Crippen LogP) is 4.04. The molecule has 31 heavy (non-hydrogen) atoms. The van der Waals surface area contributed by atoms with Crippen molar-refractivity contribution in [3.63, 3.8) is 0 Å². The van der Waals surface area contributed by atoms with Gasteiger partial charge in [0.1, 0.15) is 5.82 Å². The second-order valence-electron chi connectivity index (χ2n) is 7.59. The average Bonchev–Trinajstić information content (AvgIpc) is 3.05. The zero-order valence-corrected chi connectivity index (χ0v) is 19.0. The fourth-order valence-corrected chi connectivity index (χ4v) is 3.88. The minimum Gasteiger partial charge on any atom is -0.326 e. The Kier molecular flexibility index (Phi) is 7.46. The second-order valence-corrected chi connectivity index (χ2v) is 8.53. The molecule has 2 amide bonds. The molecule has 2 aromatic carbocycles. The first-order valence-corrected chi connectivity index (χ1v) is 11.0. The van der Waals surface area contributed by atoms with E-state index in [0.29, 0.717) is 23.8 Å². The summed E-state index contributed by atoms with van der Waals surface area (Å²) in [5.74, 6) is 0.759. The van der Waals surface area contributed by atoms with E-state index in [4.69, 9.17) is 0 Å². The molecule has 7 nitrogen and oxygen atoms in total. The SMILES string of the molecule is Cc1ccc(NC(=O)CCc2nnc(SCC(=O)Nc3cc(C)cc(C)c3)n2C)cc1. The van der Waals surface area contributed by atoms with E-state index in [9.17, 15) is 9.59 Å². The lowest BCUT2D eigenvalue weighted by atomic mass is 10.1. The smallest absolute Gasteiger partial charge is 0.234 e. The summed E-state index contributed by atoms with van der Waals surface area (Å²) in [6, 6.07) is 13.6. The van der Waals surface area contributed by atoms with Crippen molar-refractivity contribution in [2.75, 3.05) is 16.4 Å². The summed E-state index contributed by atoms with van der Waals surface area (Å²) in [5, 5.41) is 14.8. The normalized spacial score (nSPS) is 10.7. The first-order valence-electron chi connectivity index (χ1n) is 10.1. The van der Waals surface area contributed by atoms with E-state index in [1.165, 1.54) is 11.8 Å². The van der Waals surface area contributed by atoms with Crippen molar-refractivity contribution in [2.24, 2.45) is 7.05 Å². The van der Waals surface area contributed by atoms with Crippen LogP contribution < -0.4 is 10.6 Å². The molecule has 3 rings (SSSR count). The number of amides is 2. The molecular weight excluding hydrogens is 410 g/mol. The molecule has 1 aromatic heterocycles. The Labute approximate surface area is 186 Å². The van der Waals surface area contributed by atoms with Crippen molar-refractivity contribution in [3.05, 3.63) is 65.0 Å². The molecule has 8 heteroatoms. The summed E-state index contributed by atoms with van der Waals surface area (Å²) in [5.41, 5.74) is 4.92. The molecule has 162 valence electrons. The number of carbonyl (C=O) groups excluding carboxylic acids is 2. The molecule has 0 atom stereocenters. The van der Waals surface area contributed by atoms with Crippen molar-refractivity contribution >= 4 is 35.0 Å². The molecule has 0 bridgehead atoms. The van der Waals surface area contributed by atoms with Crippen molar-refractivity contribution in [2.45, 2.75) is 38.8 Å². The number of rotatable bonds is 8. The number of anilines is 2. The molecule has 0 fully saturated rings. The Morgan fingerprint density at radius 2 is 1.52 bits per heavy atom. The van der Waals surface area contributed by atoms with Gasteiger partial charge < -0.3 is 15.2 Å². The van der Waals surface area contributed by atoms with Crippen LogP contribution in [0.5, 0.6) is 0 Å². The van der Waals surface area contributed by atoms with Crippen LogP contribution in [0.4, 0.5) is 11.4 Å². The van der Waals surface area contributed by atoms with E-state index in [0.717, 1.165) is 28.1 Å². The minimum absolute atomic E-state index is 0.0751. The molecular formula is C23H27N5O2S. The van der Waals surface area contributed by atoms with Gasteiger partial charge >= 0.3 is 0 Å². The van der Waals surface area contributed by atoms with Gasteiger partial charge in [0, 0.05) is 31.3 Å². The van der Waals surface area contributed by atoms with Gasteiger partial charge in [-0.1, -0.05) is 35.5 Å². The van der Waals surface area contributed by atoms with Crippen LogP contribution in [0.2, 0.25) is 0 Å². The monoisotopic (exact) mass is 437 g/mol. The number of aryl methyl sites for hydroxylation is 4. The number of thioether (sulfide) groups is 1. The van der Waals surface area contributed by atoms with Crippen LogP contribution in [-0.4, -0.2) is 32.3 Å². The van der Waals surface area contributed by atoms with Crippen molar-refractivity contribution < 1.29 is 9.59 Å². The molecule has 0 spiro atoms. The maximum absolute atomic E-state index is 12.3. The van der Waals surface area contributed by atoms with Gasteiger partial charge in [0.15, 0.2) is 5.16 Å². The summed E-state index contributed by atoms with van der Waals surface area (Å²) in [6.07, 6.45) is 0.772. The van der Waals surface area contributed by atoms with Crippen LogP contribution in [-0.2, 0) is 23.1 Å².